The van der Waals surface area contributed by atoms with Crippen LogP contribution in [0.15, 0.2) is 18.2 Å². The Kier molecular flexibility index (Phi) is 4.20. The molecule has 6 nitrogen and oxygen atoms in total. The zero-order chi connectivity index (χ0) is 13.8. The van der Waals surface area contributed by atoms with Gasteiger partial charge in [0.2, 0.25) is 0 Å². The predicted octanol–water partition coefficient (Wildman–Crippen LogP) is 0.830. The van der Waals surface area contributed by atoms with Crippen LogP contribution in [-0.2, 0) is 17.3 Å². The molecule has 0 aliphatic heterocycles. The maximum atomic E-state index is 13.3. The van der Waals surface area contributed by atoms with Crippen molar-refractivity contribution in [2.45, 2.75) is 13.0 Å². The van der Waals surface area contributed by atoms with Crippen molar-refractivity contribution in [2.75, 3.05) is 17.7 Å². The summed E-state index contributed by atoms with van der Waals surface area (Å²) in [6, 6.07) is 4.18. The Morgan fingerprint density at radius 2 is 2.21 bits per heavy atom. The number of aryl methyl sites for hydroxylation is 1. The summed E-state index contributed by atoms with van der Waals surface area (Å²) >= 11 is 0. The van der Waals surface area contributed by atoms with Crippen molar-refractivity contribution < 1.29 is 8.60 Å². The Bertz CT molecular complexity index is 580. The first kappa shape index (κ1) is 13.6. The predicted molar refractivity (Wildman–Crippen MR) is 71.2 cm³/mol. The van der Waals surface area contributed by atoms with Crippen LogP contribution >= 0.6 is 0 Å². The molecule has 0 saturated heterocycles. The van der Waals surface area contributed by atoms with Crippen LogP contribution in [0.1, 0.15) is 6.42 Å². The Morgan fingerprint density at radius 1 is 1.42 bits per heavy atom. The molecule has 0 amide bonds. The van der Waals surface area contributed by atoms with Crippen molar-refractivity contribution in [3.8, 4) is 11.4 Å². The molecule has 2 rings (SSSR count). The highest BCUT2D eigenvalue weighted by Gasteiger charge is 2.10. The lowest BCUT2D eigenvalue weighted by molar-refractivity contribution is 0.582. The van der Waals surface area contributed by atoms with Crippen LogP contribution in [0.3, 0.4) is 0 Å². The molecule has 8 heteroatoms. The Balaban J connectivity index is 2.21. The number of anilines is 1. The monoisotopic (exact) mass is 283 g/mol. The number of hydrogen-bond donors (Lipinski definition) is 1. The summed E-state index contributed by atoms with van der Waals surface area (Å²) in [4.78, 5) is 0. The smallest absolute Gasteiger partial charge is 0.182 e. The molecule has 0 fully saturated rings. The average Bonchev–Trinajstić information content (AvgIpc) is 2.75. The third-order valence-electron chi connectivity index (χ3n) is 2.51. The molecule has 0 saturated carbocycles. The SMILES string of the molecule is CS(=O)CCCn1nnnc1-c1cc(N)cc(F)c1. The Labute approximate surface area is 112 Å². The number of nitrogen functional groups attached to an aromatic ring is 1. The van der Waals surface area contributed by atoms with Crippen LogP contribution in [0.2, 0.25) is 0 Å². The highest BCUT2D eigenvalue weighted by Crippen LogP contribution is 2.20. The average molecular weight is 283 g/mol. The summed E-state index contributed by atoms with van der Waals surface area (Å²) in [5.74, 6) is 0.595. The molecule has 2 N–H and O–H groups in total. The van der Waals surface area contributed by atoms with Gasteiger partial charge in [-0.15, -0.1) is 5.10 Å². The van der Waals surface area contributed by atoms with Gasteiger partial charge in [0, 0.05) is 40.6 Å². The minimum absolute atomic E-state index is 0.319. The Morgan fingerprint density at radius 3 is 2.89 bits per heavy atom. The fraction of sp³-hybridized carbons (Fsp3) is 0.364. The maximum absolute atomic E-state index is 13.3. The van der Waals surface area contributed by atoms with E-state index in [1.807, 2.05) is 0 Å². The van der Waals surface area contributed by atoms with E-state index in [-0.39, 0.29) is 0 Å². The summed E-state index contributed by atoms with van der Waals surface area (Å²) in [6.07, 6.45) is 2.33. The van der Waals surface area contributed by atoms with E-state index in [0.717, 1.165) is 0 Å². The summed E-state index contributed by atoms with van der Waals surface area (Å²) in [7, 11) is -0.847. The van der Waals surface area contributed by atoms with Crippen molar-refractivity contribution in [1.29, 1.82) is 0 Å². The minimum Gasteiger partial charge on any atom is -0.399 e. The largest absolute Gasteiger partial charge is 0.399 e. The number of benzene rings is 1. The van der Waals surface area contributed by atoms with Crippen LogP contribution < -0.4 is 5.73 Å². The minimum atomic E-state index is -0.847. The van der Waals surface area contributed by atoms with E-state index in [9.17, 15) is 8.60 Å². The molecule has 102 valence electrons. The lowest BCUT2D eigenvalue weighted by Crippen LogP contribution is -2.07. The number of rotatable bonds is 5. The van der Waals surface area contributed by atoms with Gasteiger partial charge in [-0.05, 0) is 35.0 Å². The summed E-state index contributed by atoms with van der Waals surface area (Å²) in [5.41, 5.74) is 6.44. The standard InChI is InChI=1S/C11H14FN5OS/c1-19(18)4-2-3-17-11(14-15-16-17)8-5-9(12)7-10(13)6-8/h5-7H,2-4,13H2,1H3. The lowest BCUT2D eigenvalue weighted by Gasteiger charge is -2.05. The van der Waals surface area contributed by atoms with Gasteiger partial charge in [-0.2, -0.15) is 0 Å². The fourth-order valence-corrected chi connectivity index (χ4v) is 2.26. The van der Waals surface area contributed by atoms with Crippen LogP contribution in [0.5, 0.6) is 0 Å². The first-order valence-corrected chi connectivity index (χ1v) is 7.41. The third-order valence-corrected chi connectivity index (χ3v) is 3.38. The highest BCUT2D eigenvalue weighted by atomic mass is 32.2. The lowest BCUT2D eigenvalue weighted by atomic mass is 10.2. The highest BCUT2D eigenvalue weighted by molar-refractivity contribution is 7.84. The van der Waals surface area contributed by atoms with E-state index in [2.05, 4.69) is 15.5 Å². The number of nitrogens with zero attached hydrogens (tertiary/aromatic N) is 4. The molecule has 0 aliphatic rings. The Hall–Kier alpha value is -1.83. The molecule has 1 atom stereocenters. The second-order valence-corrected chi connectivity index (χ2v) is 5.68. The molecular weight excluding hydrogens is 269 g/mol. The van der Waals surface area contributed by atoms with E-state index in [0.29, 0.717) is 35.8 Å². The fourth-order valence-electron chi connectivity index (χ4n) is 1.72. The molecule has 0 bridgehead atoms. The van der Waals surface area contributed by atoms with Gasteiger partial charge < -0.3 is 5.73 Å². The van der Waals surface area contributed by atoms with Gasteiger partial charge in [-0.3, -0.25) is 4.21 Å². The van der Waals surface area contributed by atoms with Crippen LogP contribution in [-0.4, -0.2) is 36.4 Å². The van der Waals surface area contributed by atoms with Gasteiger partial charge in [-0.1, -0.05) is 0 Å². The second-order valence-electron chi connectivity index (χ2n) is 4.13. The molecule has 19 heavy (non-hydrogen) atoms. The van der Waals surface area contributed by atoms with E-state index in [1.54, 1.807) is 17.0 Å². The van der Waals surface area contributed by atoms with Gasteiger partial charge in [0.25, 0.3) is 0 Å². The topological polar surface area (TPSA) is 86.7 Å². The molecule has 0 aliphatic carbocycles. The van der Waals surface area contributed by atoms with E-state index in [4.69, 9.17) is 5.73 Å². The first-order chi connectivity index (χ1) is 9.06. The van der Waals surface area contributed by atoms with Crippen molar-refractivity contribution >= 4 is 16.5 Å². The van der Waals surface area contributed by atoms with Crippen LogP contribution in [0.25, 0.3) is 11.4 Å². The molecule has 2 aromatic rings. The number of hydrogen-bond acceptors (Lipinski definition) is 5. The van der Waals surface area contributed by atoms with Gasteiger partial charge in [0.15, 0.2) is 5.82 Å². The van der Waals surface area contributed by atoms with Crippen molar-refractivity contribution in [3.05, 3.63) is 24.0 Å². The van der Waals surface area contributed by atoms with Crippen LogP contribution in [0.4, 0.5) is 10.1 Å². The summed E-state index contributed by atoms with van der Waals surface area (Å²) in [5, 5.41) is 11.3. The molecule has 1 unspecified atom stereocenters. The van der Waals surface area contributed by atoms with Crippen molar-refractivity contribution in [1.82, 2.24) is 20.2 Å². The van der Waals surface area contributed by atoms with E-state index in [1.165, 1.54) is 12.1 Å². The zero-order valence-corrected chi connectivity index (χ0v) is 11.2. The van der Waals surface area contributed by atoms with E-state index < -0.39 is 16.6 Å². The molecular formula is C11H14FN5OS. The molecule has 1 heterocycles. The van der Waals surface area contributed by atoms with Gasteiger partial charge in [0.1, 0.15) is 5.82 Å². The van der Waals surface area contributed by atoms with Gasteiger partial charge in [-0.25, -0.2) is 9.07 Å². The third kappa shape index (κ3) is 3.57. The maximum Gasteiger partial charge on any atom is 0.182 e. The molecule has 0 radical (unpaired) electrons. The number of halogens is 1. The summed E-state index contributed by atoms with van der Waals surface area (Å²) < 4.78 is 25.9. The van der Waals surface area contributed by atoms with Crippen LogP contribution in [0, 0.1) is 5.82 Å². The normalized spacial score (nSPS) is 12.5. The molecule has 1 aromatic heterocycles. The number of aromatic nitrogens is 4. The first-order valence-electron chi connectivity index (χ1n) is 5.69. The molecule has 1 aromatic carbocycles. The van der Waals surface area contributed by atoms with Gasteiger partial charge >= 0.3 is 0 Å². The molecule has 0 spiro atoms. The second kappa shape index (κ2) is 5.87. The van der Waals surface area contributed by atoms with E-state index >= 15 is 0 Å². The number of tetrazole rings is 1. The van der Waals surface area contributed by atoms with Gasteiger partial charge in [0.05, 0.1) is 0 Å². The zero-order valence-electron chi connectivity index (χ0n) is 10.4. The number of nitrogens with two attached hydrogens (primary N) is 1. The van der Waals surface area contributed by atoms with Crippen molar-refractivity contribution in [3.63, 3.8) is 0 Å². The van der Waals surface area contributed by atoms with Crippen molar-refractivity contribution in [2.24, 2.45) is 0 Å². The summed E-state index contributed by atoms with van der Waals surface area (Å²) in [6.45, 7) is 0.526. The quantitative estimate of drug-likeness (QED) is 0.821.